The van der Waals surface area contributed by atoms with E-state index < -0.39 is 0 Å². The van der Waals surface area contributed by atoms with Crippen molar-refractivity contribution >= 4 is 15.9 Å². The monoisotopic (exact) mass is 345 g/mol. The lowest BCUT2D eigenvalue weighted by molar-refractivity contribution is 0.517. The molecule has 1 saturated carbocycles. The van der Waals surface area contributed by atoms with E-state index in [2.05, 4.69) is 40.2 Å². The van der Waals surface area contributed by atoms with Crippen LogP contribution in [0.25, 0.3) is 0 Å². The van der Waals surface area contributed by atoms with Crippen molar-refractivity contribution in [2.75, 3.05) is 0 Å². The Kier molecular flexibility index (Phi) is 3.16. The molecule has 0 bridgehead atoms. The maximum Gasteiger partial charge on any atom is 0.142 e. The first-order valence-electron chi connectivity index (χ1n) is 7.46. The molecule has 1 nitrogen and oxygen atoms in total. The summed E-state index contributed by atoms with van der Waals surface area (Å²) in [6.07, 6.45) is 2.30. The Labute approximate surface area is 132 Å². The summed E-state index contributed by atoms with van der Waals surface area (Å²) in [7, 11) is 0. The highest BCUT2D eigenvalue weighted by Gasteiger charge is 2.56. The standard InChI is InChI=1S/C18H17BrFN/c19-14-7-3-6-13(17(14)20)18(21)16-12-9-8-10-4-1-2-5-11(10)15(12)16/h1-7,12,15-16,18H,8-9,21H2. The zero-order valence-electron chi connectivity index (χ0n) is 11.6. The zero-order chi connectivity index (χ0) is 14.6. The lowest BCUT2D eigenvalue weighted by Crippen LogP contribution is -2.16. The second kappa shape index (κ2) is 4.92. The summed E-state index contributed by atoms with van der Waals surface area (Å²) < 4.78 is 14.8. The molecule has 4 atom stereocenters. The zero-order valence-corrected chi connectivity index (χ0v) is 13.2. The number of hydrogen-bond donors (Lipinski definition) is 1. The first-order valence-corrected chi connectivity index (χ1v) is 8.25. The summed E-state index contributed by atoms with van der Waals surface area (Å²) in [6.45, 7) is 0. The van der Waals surface area contributed by atoms with Gasteiger partial charge in [0.15, 0.2) is 0 Å². The van der Waals surface area contributed by atoms with E-state index in [1.54, 1.807) is 6.07 Å². The molecule has 0 aromatic heterocycles. The van der Waals surface area contributed by atoms with Gasteiger partial charge in [0.05, 0.1) is 4.47 Å². The quantitative estimate of drug-likeness (QED) is 0.847. The van der Waals surface area contributed by atoms with E-state index in [1.165, 1.54) is 17.5 Å². The maximum atomic E-state index is 14.3. The van der Waals surface area contributed by atoms with Crippen LogP contribution in [0.3, 0.4) is 0 Å². The van der Waals surface area contributed by atoms with Crippen LogP contribution in [0.15, 0.2) is 46.9 Å². The van der Waals surface area contributed by atoms with Crippen molar-refractivity contribution in [3.63, 3.8) is 0 Å². The Bertz CT molecular complexity index is 699. The van der Waals surface area contributed by atoms with Crippen LogP contribution >= 0.6 is 15.9 Å². The minimum absolute atomic E-state index is 0.207. The van der Waals surface area contributed by atoms with Crippen molar-refractivity contribution < 1.29 is 4.39 Å². The predicted octanol–water partition coefficient (Wildman–Crippen LogP) is 4.56. The molecule has 0 heterocycles. The Balaban J connectivity index is 1.66. The second-order valence-corrected chi connectivity index (χ2v) is 7.03. The van der Waals surface area contributed by atoms with Crippen molar-refractivity contribution in [1.82, 2.24) is 0 Å². The van der Waals surface area contributed by atoms with Crippen LogP contribution in [0.2, 0.25) is 0 Å². The lowest BCUT2D eigenvalue weighted by Gasteiger charge is -2.14. The molecule has 2 aliphatic carbocycles. The molecule has 2 N–H and O–H groups in total. The highest BCUT2D eigenvalue weighted by atomic mass is 79.9. The van der Waals surface area contributed by atoms with Gasteiger partial charge in [-0.25, -0.2) is 4.39 Å². The minimum atomic E-state index is -0.219. The van der Waals surface area contributed by atoms with E-state index in [0.717, 1.165) is 6.42 Å². The summed E-state index contributed by atoms with van der Waals surface area (Å²) in [6, 6.07) is 13.8. The van der Waals surface area contributed by atoms with Gasteiger partial charge in [0.2, 0.25) is 0 Å². The van der Waals surface area contributed by atoms with Gasteiger partial charge in [0.1, 0.15) is 5.82 Å². The average Bonchev–Trinajstić information content (AvgIpc) is 3.24. The van der Waals surface area contributed by atoms with Gasteiger partial charge >= 0.3 is 0 Å². The molecule has 3 heteroatoms. The van der Waals surface area contributed by atoms with Crippen LogP contribution in [0, 0.1) is 17.7 Å². The molecule has 0 spiro atoms. The van der Waals surface area contributed by atoms with E-state index >= 15 is 0 Å². The molecule has 0 aliphatic heterocycles. The molecule has 4 unspecified atom stereocenters. The van der Waals surface area contributed by atoms with Crippen molar-refractivity contribution in [3.8, 4) is 0 Å². The van der Waals surface area contributed by atoms with Crippen molar-refractivity contribution in [2.45, 2.75) is 24.8 Å². The SMILES string of the molecule is NC(c1cccc(Br)c1F)C1C2CCc3ccccc3C21. The van der Waals surface area contributed by atoms with Gasteiger partial charge in [-0.1, -0.05) is 36.4 Å². The lowest BCUT2D eigenvalue weighted by atomic mass is 9.92. The smallest absolute Gasteiger partial charge is 0.142 e. The van der Waals surface area contributed by atoms with Crippen LogP contribution in [-0.2, 0) is 6.42 Å². The fourth-order valence-electron chi connectivity index (χ4n) is 4.09. The molecule has 2 aromatic rings. The number of hydrogen-bond acceptors (Lipinski definition) is 1. The van der Waals surface area contributed by atoms with Crippen molar-refractivity contribution in [1.29, 1.82) is 0 Å². The van der Waals surface area contributed by atoms with E-state index in [1.807, 2.05) is 12.1 Å². The molecule has 2 aliphatic rings. The molecule has 2 aromatic carbocycles. The fraction of sp³-hybridized carbons (Fsp3) is 0.333. The molecular formula is C18H17BrFN. The van der Waals surface area contributed by atoms with Gasteiger partial charge in [0, 0.05) is 11.6 Å². The van der Waals surface area contributed by atoms with Gasteiger partial charge in [-0.15, -0.1) is 0 Å². The van der Waals surface area contributed by atoms with Crippen LogP contribution in [0.4, 0.5) is 4.39 Å². The second-order valence-electron chi connectivity index (χ2n) is 6.17. The highest BCUT2D eigenvalue weighted by molar-refractivity contribution is 9.10. The van der Waals surface area contributed by atoms with Crippen LogP contribution < -0.4 is 5.73 Å². The third-order valence-electron chi connectivity index (χ3n) is 5.15. The highest BCUT2D eigenvalue weighted by Crippen LogP contribution is 2.63. The number of nitrogens with two attached hydrogens (primary N) is 1. The van der Waals surface area contributed by atoms with Gasteiger partial charge in [-0.3, -0.25) is 0 Å². The van der Waals surface area contributed by atoms with Gasteiger partial charge in [0.25, 0.3) is 0 Å². The molecule has 0 amide bonds. The maximum absolute atomic E-state index is 14.3. The summed E-state index contributed by atoms with van der Waals surface area (Å²) in [5.74, 6) is 1.30. The summed E-state index contributed by atoms with van der Waals surface area (Å²) in [4.78, 5) is 0. The summed E-state index contributed by atoms with van der Waals surface area (Å²) >= 11 is 3.26. The number of halogens is 2. The molecule has 1 fully saturated rings. The Morgan fingerprint density at radius 2 is 1.95 bits per heavy atom. The largest absolute Gasteiger partial charge is 0.324 e. The molecule has 4 rings (SSSR count). The molecule has 0 radical (unpaired) electrons. The van der Waals surface area contributed by atoms with E-state index in [9.17, 15) is 4.39 Å². The summed E-state index contributed by atoms with van der Waals surface area (Å²) in [5.41, 5.74) is 9.95. The fourth-order valence-corrected chi connectivity index (χ4v) is 4.48. The topological polar surface area (TPSA) is 26.0 Å². The van der Waals surface area contributed by atoms with Gasteiger partial charge < -0.3 is 5.73 Å². The molecule has 108 valence electrons. The average molecular weight is 346 g/mol. The Hall–Kier alpha value is -1.19. The number of fused-ring (bicyclic) bond motifs is 3. The molecular weight excluding hydrogens is 329 g/mol. The predicted molar refractivity (Wildman–Crippen MR) is 85.5 cm³/mol. The van der Waals surface area contributed by atoms with Crippen LogP contribution in [-0.4, -0.2) is 0 Å². The molecule has 0 saturated heterocycles. The van der Waals surface area contributed by atoms with Gasteiger partial charge in [-0.05, 0) is 63.7 Å². The normalized spacial score (nSPS) is 27.7. The number of aryl methyl sites for hydroxylation is 1. The Morgan fingerprint density at radius 1 is 1.14 bits per heavy atom. The van der Waals surface area contributed by atoms with Crippen molar-refractivity contribution in [2.24, 2.45) is 17.6 Å². The third-order valence-corrected chi connectivity index (χ3v) is 5.76. The van der Waals surface area contributed by atoms with E-state index in [4.69, 9.17) is 5.73 Å². The number of rotatable bonds is 2. The van der Waals surface area contributed by atoms with Crippen LogP contribution in [0.1, 0.15) is 35.1 Å². The molecule has 21 heavy (non-hydrogen) atoms. The first kappa shape index (κ1) is 13.5. The van der Waals surface area contributed by atoms with E-state index in [0.29, 0.717) is 27.8 Å². The van der Waals surface area contributed by atoms with Crippen LogP contribution in [0.5, 0.6) is 0 Å². The number of benzene rings is 2. The third kappa shape index (κ3) is 2.06. The Morgan fingerprint density at radius 3 is 2.81 bits per heavy atom. The van der Waals surface area contributed by atoms with Crippen molar-refractivity contribution in [3.05, 3.63) is 69.4 Å². The summed E-state index contributed by atoms with van der Waals surface area (Å²) in [5, 5.41) is 0. The van der Waals surface area contributed by atoms with Gasteiger partial charge in [-0.2, -0.15) is 0 Å². The first-order chi connectivity index (χ1) is 10.2. The minimum Gasteiger partial charge on any atom is -0.324 e. The van der Waals surface area contributed by atoms with E-state index in [-0.39, 0.29) is 11.9 Å².